The highest BCUT2D eigenvalue weighted by atomic mass is 32.2. The Hall–Kier alpha value is -1.98. The normalized spacial score (nSPS) is 23.0. The molecule has 2 aromatic carbocycles. The molecule has 0 bridgehead atoms. The van der Waals surface area contributed by atoms with Crippen LogP contribution in [-0.4, -0.2) is 42.3 Å². The maximum Gasteiger partial charge on any atom is 0.255 e. The summed E-state index contributed by atoms with van der Waals surface area (Å²) in [6, 6.07) is 16.3. The van der Waals surface area contributed by atoms with E-state index in [-0.39, 0.29) is 11.5 Å². The van der Waals surface area contributed by atoms with Gasteiger partial charge in [0.25, 0.3) is 5.91 Å². The summed E-state index contributed by atoms with van der Waals surface area (Å²) in [5, 5.41) is 3.07. The van der Waals surface area contributed by atoms with Crippen LogP contribution in [0.4, 0.5) is 0 Å². The second kappa shape index (κ2) is 7.33. The van der Waals surface area contributed by atoms with E-state index in [1.807, 2.05) is 24.3 Å². The van der Waals surface area contributed by atoms with Gasteiger partial charge in [-0.2, -0.15) is 0 Å². The maximum atomic E-state index is 12.4. The first-order chi connectivity index (χ1) is 12.7. The molecule has 1 N–H and O–H groups in total. The largest absolute Gasteiger partial charge is 0.483 e. The summed E-state index contributed by atoms with van der Waals surface area (Å²) in [5.74, 6) is 0.663. The predicted octanol–water partition coefficient (Wildman–Crippen LogP) is 3.57. The summed E-state index contributed by atoms with van der Waals surface area (Å²) >= 11 is 1.76. The quantitative estimate of drug-likeness (QED) is 0.841. The Morgan fingerprint density at radius 2 is 2.00 bits per heavy atom. The third kappa shape index (κ3) is 3.60. The van der Waals surface area contributed by atoms with E-state index in [0.29, 0.717) is 17.9 Å². The molecule has 26 heavy (non-hydrogen) atoms. The number of nitrogens with zero attached hydrogens (tertiary/aromatic N) is 1. The molecule has 2 heterocycles. The summed E-state index contributed by atoms with van der Waals surface area (Å²) in [6.45, 7) is 3.36. The van der Waals surface area contributed by atoms with E-state index >= 15 is 0 Å². The number of ether oxygens (including phenoxy) is 1. The van der Waals surface area contributed by atoms with Crippen molar-refractivity contribution in [2.24, 2.45) is 0 Å². The Morgan fingerprint density at radius 3 is 2.81 bits per heavy atom. The van der Waals surface area contributed by atoms with Crippen molar-refractivity contribution in [3.05, 3.63) is 59.7 Å². The molecule has 2 aliphatic rings. The molecule has 1 spiro atoms. The van der Waals surface area contributed by atoms with E-state index < -0.39 is 0 Å². The first-order valence-corrected chi connectivity index (χ1v) is 10.3. The van der Waals surface area contributed by atoms with Gasteiger partial charge in [-0.1, -0.05) is 24.3 Å². The van der Waals surface area contributed by atoms with Gasteiger partial charge in [-0.25, -0.2) is 0 Å². The first kappa shape index (κ1) is 17.4. The molecule has 4 rings (SSSR count). The molecule has 0 aromatic heterocycles. The van der Waals surface area contributed by atoms with Crippen LogP contribution in [-0.2, 0) is 6.54 Å². The third-order valence-electron chi connectivity index (χ3n) is 5.21. The van der Waals surface area contributed by atoms with E-state index in [0.717, 1.165) is 32.5 Å². The molecule has 2 aromatic rings. The first-order valence-electron chi connectivity index (χ1n) is 9.09. The lowest BCUT2D eigenvalue weighted by molar-refractivity contribution is -0.00705. The summed E-state index contributed by atoms with van der Waals surface area (Å²) in [7, 11) is 0. The van der Waals surface area contributed by atoms with E-state index in [9.17, 15) is 4.79 Å². The van der Waals surface area contributed by atoms with Crippen molar-refractivity contribution in [3.8, 4) is 5.75 Å². The number of hydrogen-bond acceptors (Lipinski definition) is 4. The SMILES string of the molecule is CSc1ccc(CN2CCC[C@@]3(CNC(=O)c4ccccc4O3)C2)cc1. The molecule has 0 radical (unpaired) electrons. The molecule has 4 nitrogen and oxygen atoms in total. The summed E-state index contributed by atoms with van der Waals surface area (Å²) in [4.78, 5) is 16.1. The molecule has 136 valence electrons. The van der Waals surface area contributed by atoms with E-state index in [4.69, 9.17) is 4.74 Å². The van der Waals surface area contributed by atoms with Gasteiger partial charge in [0, 0.05) is 18.0 Å². The second-order valence-corrected chi connectivity index (χ2v) is 8.01. The van der Waals surface area contributed by atoms with Gasteiger partial charge in [0.15, 0.2) is 0 Å². The van der Waals surface area contributed by atoms with Crippen LogP contribution in [0.2, 0.25) is 0 Å². The van der Waals surface area contributed by atoms with Gasteiger partial charge in [0.2, 0.25) is 0 Å². The van der Waals surface area contributed by atoms with Crippen LogP contribution in [0, 0.1) is 0 Å². The van der Waals surface area contributed by atoms with Gasteiger partial charge < -0.3 is 10.1 Å². The lowest BCUT2D eigenvalue weighted by Gasteiger charge is -2.42. The highest BCUT2D eigenvalue weighted by Crippen LogP contribution is 2.32. The van der Waals surface area contributed by atoms with Crippen molar-refractivity contribution in [3.63, 3.8) is 0 Å². The van der Waals surface area contributed by atoms with Gasteiger partial charge in [-0.15, -0.1) is 11.8 Å². The molecule has 0 aliphatic carbocycles. The van der Waals surface area contributed by atoms with Crippen LogP contribution in [0.3, 0.4) is 0 Å². The lowest BCUT2D eigenvalue weighted by Crippen LogP contribution is -2.56. The number of fused-ring (bicyclic) bond motifs is 1. The minimum Gasteiger partial charge on any atom is -0.483 e. The zero-order valence-electron chi connectivity index (χ0n) is 15.0. The van der Waals surface area contributed by atoms with Gasteiger partial charge in [0.1, 0.15) is 11.4 Å². The van der Waals surface area contributed by atoms with Crippen molar-refractivity contribution >= 4 is 17.7 Å². The number of nitrogens with one attached hydrogen (secondary N) is 1. The highest BCUT2D eigenvalue weighted by molar-refractivity contribution is 7.98. The number of para-hydroxylation sites is 1. The monoisotopic (exact) mass is 368 g/mol. The van der Waals surface area contributed by atoms with Gasteiger partial charge in [-0.05, 0) is 55.5 Å². The van der Waals surface area contributed by atoms with Crippen molar-refractivity contribution in [1.29, 1.82) is 0 Å². The molecular weight excluding hydrogens is 344 g/mol. The average molecular weight is 369 g/mol. The second-order valence-electron chi connectivity index (χ2n) is 7.13. The smallest absolute Gasteiger partial charge is 0.255 e. The number of carbonyl (C=O) groups is 1. The minimum absolute atomic E-state index is 0.0396. The fourth-order valence-electron chi connectivity index (χ4n) is 3.89. The molecule has 1 fully saturated rings. The fourth-order valence-corrected chi connectivity index (χ4v) is 4.30. The average Bonchev–Trinajstić information content (AvgIpc) is 2.80. The number of amides is 1. The van der Waals surface area contributed by atoms with E-state index in [1.165, 1.54) is 10.5 Å². The molecule has 1 amide bonds. The summed E-state index contributed by atoms with van der Waals surface area (Å²) in [6.07, 6.45) is 4.13. The number of thioether (sulfide) groups is 1. The number of benzene rings is 2. The van der Waals surface area contributed by atoms with Crippen LogP contribution in [0.15, 0.2) is 53.4 Å². The number of carbonyl (C=O) groups excluding carboxylic acids is 1. The van der Waals surface area contributed by atoms with Crippen molar-refractivity contribution in [2.45, 2.75) is 29.9 Å². The fraction of sp³-hybridized carbons (Fsp3) is 0.381. The van der Waals surface area contributed by atoms with Gasteiger partial charge in [0.05, 0.1) is 12.1 Å². The van der Waals surface area contributed by atoms with Crippen molar-refractivity contribution < 1.29 is 9.53 Å². The summed E-state index contributed by atoms with van der Waals surface area (Å²) < 4.78 is 6.43. The van der Waals surface area contributed by atoms with E-state index in [1.54, 1.807) is 11.8 Å². The minimum atomic E-state index is -0.347. The highest BCUT2D eigenvalue weighted by Gasteiger charge is 2.40. The topological polar surface area (TPSA) is 41.6 Å². The van der Waals surface area contributed by atoms with Crippen molar-refractivity contribution in [2.75, 3.05) is 25.9 Å². The molecule has 0 unspecified atom stereocenters. The van der Waals surface area contributed by atoms with Gasteiger partial charge >= 0.3 is 0 Å². The van der Waals surface area contributed by atoms with E-state index in [2.05, 4.69) is 40.7 Å². The van der Waals surface area contributed by atoms with Crippen LogP contribution in [0.1, 0.15) is 28.8 Å². The Balaban J connectivity index is 1.51. The maximum absolute atomic E-state index is 12.4. The molecule has 1 atom stereocenters. The number of likely N-dealkylation sites (tertiary alicyclic amines) is 1. The van der Waals surface area contributed by atoms with Crippen LogP contribution >= 0.6 is 11.8 Å². The predicted molar refractivity (Wildman–Crippen MR) is 105 cm³/mol. The van der Waals surface area contributed by atoms with Gasteiger partial charge in [-0.3, -0.25) is 9.69 Å². The molecule has 1 saturated heterocycles. The molecular formula is C21H24N2O2S. The Kier molecular flexibility index (Phi) is 4.92. The van der Waals surface area contributed by atoms with Crippen LogP contribution < -0.4 is 10.1 Å². The summed E-state index contributed by atoms with van der Waals surface area (Å²) in [5.41, 5.74) is 1.60. The Labute approximate surface area is 158 Å². The zero-order chi connectivity index (χ0) is 18.0. The molecule has 2 aliphatic heterocycles. The molecule has 5 heteroatoms. The zero-order valence-corrected chi connectivity index (χ0v) is 15.8. The standard InChI is InChI=1S/C21H24N2O2S/c1-26-17-9-7-16(8-10-17)13-23-12-4-11-21(15-23)14-22-20(24)18-5-2-3-6-19(18)25-21/h2-3,5-10H,4,11-15H2,1H3,(H,22,24)/t21-/m1/s1. The number of piperidine rings is 1. The van der Waals surface area contributed by atoms with Crippen LogP contribution in [0.5, 0.6) is 5.75 Å². The molecule has 0 saturated carbocycles. The number of rotatable bonds is 3. The Morgan fingerprint density at radius 1 is 1.19 bits per heavy atom. The third-order valence-corrected chi connectivity index (χ3v) is 5.96. The Bertz CT molecular complexity index is 793. The van der Waals surface area contributed by atoms with Crippen LogP contribution in [0.25, 0.3) is 0 Å². The number of hydrogen-bond donors (Lipinski definition) is 1. The lowest BCUT2D eigenvalue weighted by atomic mass is 9.92. The van der Waals surface area contributed by atoms with Crippen molar-refractivity contribution in [1.82, 2.24) is 10.2 Å².